The lowest BCUT2D eigenvalue weighted by Gasteiger charge is -2.13. The minimum atomic E-state index is -0.0440. The molecular formula is C16H18ClN3O2. The van der Waals surface area contributed by atoms with E-state index < -0.39 is 0 Å². The summed E-state index contributed by atoms with van der Waals surface area (Å²) in [4.78, 5) is 15.6. The Morgan fingerprint density at radius 1 is 1.36 bits per heavy atom. The number of aryl methyl sites for hydroxylation is 1. The molecule has 1 amide bonds. The molecule has 0 spiro atoms. The van der Waals surface area contributed by atoms with E-state index in [0.717, 1.165) is 11.3 Å². The molecule has 1 heterocycles. The lowest BCUT2D eigenvalue weighted by Crippen LogP contribution is -2.09. The van der Waals surface area contributed by atoms with Gasteiger partial charge >= 0.3 is 0 Å². The number of hydrogen-bond acceptors (Lipinski definition) is 4. The number of rotatable bonds is 5. The van der Waals surface area contributed by atoms with Gasteiger partial charge < -0.3 is 15.4 Å². The Balaban J connectivity index is 2.17. The van der Waals surface area contributed by atoms with Gasteiger partial charge in [-0.2, -0.15) is 0 Å². The van der Waals surface area contributed by atoms with Crippen molar-refractivity contribution < 1.29 is 9.53 Å². The van der Waals surface area contributed by atoms with Crippen molar-refractivity contribution in [3.05, 3.63) is 41.0 Å². The molecule has 0 aliphatic heterocycles. The minimum Gasteiger partial charge on any atom is -0.495 e. The normalized spacial score (nSPS) is 10.2. The summed E-state index contributed by atoms with van der Waals surface area (Å²) >= 11 is 6.09. The summed E-state index contributed by atoms with van der Waals surface area (Å²) in [6, 6.07) is 7.23. The Kier molecular flexibility index (Phi) is 5.22. The molecule has 1 aromatic heterocycles. The second kappa shape index (κ2) is 7.13. The van der Waals surface area contributed by atoms with E-state index >= 15 is 0 Å². The summed E-state index contributed by atoms with van der Waals surface area (Å²) in [5, 5.41) is 6.58. The fourth-order valence-electron chi connectivity index (χ4n) is 1.86. The van der Waals surface area contributed by atoms with Gasteiger partial charge in [-0.25, -0.2) is 4.98 Å². The maximum absolute atomic E-state index is 11.3. The van der Waals surface area contributed by atoms with E-state index in [1.807, 2.05) is 13.0 Å². The van der Waals surface area contributed by atoms with Crippen molar-refractivity contribution in [2.24, 2.45) is 0 Å². The van der Waals surface area contributed by atoms with E-state index in [9.17, 15) is 4.79 Å². The number of aromatic nitrogens is 1. The highest BCUT2D eigenvalue weighted by atomic mass is 35.5. The first-order valence-electron chi connectivity index (χ1n) is 6.90. The number of nitrogens with one attached hydrogen (secondary N) is 2. The molecule has 0 fully saturated rings. The van der Waals surface area contributed by atoms with Crippen LogP contribution in [-0.4, -0.2) is 18.0 Å². The Hall–Kier alpha value is -2.27. The van der Waals surface area contributed by atoms with Gasteiger partial charge in [-0.05, 0) is 30.7 Å². The molecule has 1 aromatic carbocycles. The Morgan fingerprint density at radius 2 is 2.14 bits per heavy atom. The van der Waals surface area contributed by atoms with Gasteiger partial charge in [-0.15, -0.1) is 0 Å². The maximum atomic E-state index is 11.3. The topological polar surface area (TPSA) is 63.2 Å². The predicted molar refractivity (Wildman–Crippen MR) is 89.2 cm³/mol. The minimum absolute atomic E-state index is 0.0440. The van der Waals surface area contributed by atoms with Crippen LogP contribution in [0.2, 0.25) is 5.02 Å². The van der Waals surface area contributed by atoms with Gasteiger partial charge in [0, 0.05) is 17.5 Å². The van der Waals surface area contributed by atoms with Crippen LogP contribution in [0.15, 0.2) is 30.5 Å². The maximum Gasteiger partial charge on any atom is 0.224 e. The lowest BCUT2D eigenvalue weighted by atomic mass is 10.2. The van der Waals surface area contributed by atoms with Crippen molar-refractivity contribution in [2.45, 2.75) is 20.3 Å². The van der Waals surface area contributed by atoms with E-state index in [1.54, 1.807) is 38.4 Å². The Bertz CT molecular complexity index is 672. The number of pyridine rings is 1. The number of amides is 1. The molecule has 0 bridgehead atoms. The van der Waals surface area contributed by atoms with Crippen LogP contribution >= 0.6 is 11.6 Å². The molecule has 0 radical (unpaired) electrons. The smallest absolute Gasteiger partial charge is 0.224 e. The summed E-state index contributed by atoms with van der Waals surface area (Å²) in [5.74, 6) is 1.24. The van der Waals surface area contributed by atoms with Gasteiger partial charge in [0.05, 0.1) is 24.7 Å². The number of carbonyl (C=O) groups is 1. The van der Waals surface area contributed by atoms with E-state index in [1.165, 1.54) is 0 Å². The molecule has 116 valence electrons. The quantitative estimate of drug-likeness (QED) is 0.869. The molecule has 22 heavy (non-hydrogen) atoms. The van der Waals surface area contributed by atoms with Gasteiger partial charge in [0.2, 0.25) is 5.91 Å². The molecule has 0 aliphatic rings. The van der Waals surface area contributed by atoms with Crippen molar-refractivity contribution in [3.63, 3.8) is 0 Å². The van der Waals surface area contributed by atoms with E-state index in [-0.39, 0.29) is 5.91 Å². The van der Waals surface area contributed by atoms with E-state index in [0.29, 0.717) is 28.7 Å². The molecule has 2 aromatic rings. The second-order valence-electron chi connectivity index (χ2n) is 4.76. The molecular weight excluding hydrogens is 302 g/mol. The van der Waals surface area contributed by atoms with Crippen LogP contribution in [0.4, 0.5) is 17.2 Å². The molecule has 2 N–H and O–H groups in total. The molecule has 0 saturated carbocycles. The lowest BCUT2D eigenvalue weighted by molar-refractivity contribution is -0.115. The first-order valence-corrected chi connectivity index (χ1v) is 7.28. The average Bonchev–Trinajstić information content (AvgIpc) is 2.52. The number of halogens is 1. The number of hydrogen-bond donors (Lipinski definition) is 2. The van der Waals surface area contributed by atoms with Gasteiger partial charge in [-0.3, -0.25) is 4.79 Å². The third-order valence-electron chi connectivity index (χ3n) is 3.11. The van der Waals surface area contributed by atoms with Gasteiger partial charge in [0.25, 0.3) is 0 Å². The standard InChI is InChI=1S/C16H18ClN3O2/c1-4-16(21)19-11-5-6-15(18-9-11)20-13-7-10(2)12(17)8-14(13)22-3/h5-9H,4H2,1-3H3,(H,18,20)(H,19,21). The van der Waals surface area contributed by atoms with Gasteiger partial charge in [0.15, 0.2) is 0 Å². The summed E-state index contributed by atoms with van der Waals surface area (Å²) in [6.45, 7) is 3.72. The van der Waals surface area contributed by atoms with Crippen LogP contribution in [-0.2, 0) is 4.79 Å². The average molecular weight is 320 g/mol. The molecule has 0 unspecified atom stereocenters. The highest BCUT2D eigenvalue weighted by Gasteiger charge is 2.08. The van der Waals surface area contributed by atoms with Crippen molar-refractivity contribution in [2.75, 3.05) is 17.7 Å². The van der Waals surface area contributed by atoms with Crippen LogP contribution in [0, 0.1) is 6.92 Å². The zero-order chi connectivity index (χ0) is 16.1. The SMILES string of the molecule is CCC(=O)Nc1ccc(Nc2cc(C)c(Cl)cc2OC)nc1. The number of anilines is 3. The highest BCUT2D eigenvalue weighted by Crippen LogP contribution is 2.32. The van der Waals surface area contributed by atoms with E-state index in [2.05, 4.69) is 15.6 Å². The Labute approximate surface area is 134 Å². The Morgan fingerprint density at radius 3 is 2.73 bits per heavy atom. The zero-order valence-corrected chi connectivity index (χ0v) is 13.5. The largest absolute Gasteiger partial charge is 0.495 e. The molecule has 0 atom stereocenters. The fraction of sp³-hybridized carbons (Fsp3) is 0.250. The van der Waals surface area contributed by atoms with Crippen LogP contribution in [0.25, 0.3) is 0 Å². The van der Waals surface area contributed by atoms with Crippen LogP contribution in [0.3, 0.4) is 0 Å². The fourth-order valence-corrected chi connectivity index (χ4v) is 2.01. The van der Waals surface area contributed by atoms with Gasteiger partial charge in [-0.1, -0.05) is 18.5 Å². The third kappa shape index (κ3) is 3.89. The number of ether oxygens (including phenoxy) is 1. The number of methoxy groups -OCH3 is 1. The molecule has 0 aliphatic carbocycles. The molecule has 6 heteroatoms. The van der Waals surface area contributed by atoms with Crippen molar-refractivity contribution >= 4 is 34.7 Å². The molecule has 5 nitrogen and oxygen atoms in total. The number of nitrogens with zero attached hydrogens (tertiary/aromatic N) is 1. The summed E-state index contributed by atoms with van der Waals surface area (Å²) in [5.41, 5.74) is 2.38. The van der Waals surface area contributed by atoms with Gasteiger partial charge in [0.1, 0.15) is 11.6 Å². The number of carbonyl (C=O) groups excluding carboxylic acids is 1. The first-order chi connectivity index (χ1) is 10.5. The molecule has 0 saturated heterocycles. The summed E-state index contributed by atoms with van der Waals surface area (Å²) < 4.78 is 5.31. The number of benzene rings is 1. The van der Waals surface area contributed by atoms with Crippen molar-refractivity contribution in [1.29, 1.82) is 0 Å². The predicted octanol–water partition coefficient (Wildman–Crippen LogP) is 4.14. The molecule has 2 rings (SSSR count). The van der Waals surface area contributed by atoms with Crippen LogP contribution in [0.1, 0.15) is 18.9 Å². The van der Waals surface area contributed by atoms with Crippen molar-refractivity contribution in [3.8, 4) is 5.75 Å². The van der Waals surface area contributed by atoms with Crippen molar-refractivity contribution in [1.82, 2.24) is 4.98 Å². The third-order valence-corrected chi connectivity index (χ3v) is 3.52. The van der Waals surface area contributed by atoms with E-state index in [4.69, 9.17) is 16.3 Å². The zero-order valence-electron chi connectivity index (χ0n) is 12.7. The first kappa shape index (κ1) is 16.1. The van der Waals surface area contributed by atoms with Crippen LogP contribution in [0.5, 0.6) is 5.75 Å². The second-order valence-corrected chi connectivity index (χ2v) is 5.17. The summed E-state index contributed by atoms with van der Waals surface area (Å²) in [6.07, 6.45) is 2.03. The van der Waals surface area contributed by atoms with Crippen LogP contribution < -0.4 is 15.4 Å². The monoisotopic (exact) mass is 319 g/mol. The summed E-state index contributed by atoms with van der Waals surface area (Å²) in [7, 11) is 1.59. The highest BCUT2D eigenvalue weighted by molar-refractivity contribution is 6.31.